The summed E-state index contributed by atoms with van der Waals surface area (Å²) >= 11 is 4.10. The summed E-state index contributed by atoms with van der Waals surface area (Å²) in [5.74, 6) is 0.685. The van der Waals surface area contributed by atoms with Gasteiger partial charge in [-0.2, -0.15) is 9.19 Å². The summed E-state index contributed by atoms with van der Waals surface area (Å²) in [7, 11) is -4.16. The van der Waals surface area contributed by atoms with Crippen LogP contribution in [0.25, 0.3) is 0 Å². The van der Waals surface area contributed by atoms with E-state index in [1.165, 1.54) is 30.5 Å². The first-order valence-electron chi connectivity index (χ1n) is 10.0. The predicted octanol–water partition coefficient (Wildman–Crippen LogP) is 4.66. The molecule has 1 aromatic heterocycles. The van der Waals surface area contributed by atoms with Gasteiger partial charge in [-0.25, -0.2) is 8.42 Å². The Labute approximate surface area is 210 Å². The molecule has 2 N–H and O–H groups in total. The van der Waals surface area contributed by atoms with Gasteiger partial charge in [0.1, 0.15) is 23.3 Å². The Morgan fingerprint density at radius 3 is 2.24 bits per heavy atom. The molecule has 0 aliphatic heterocycles. The van der Waals surface area contributed by atoms with E-state index in [1.54, 1.807) is 39.0 Å². The van der Waals surface area contributed by atoms with Crippen LogP contribution < -0.4 is 9.46 Å². The number of sulfonamides is 1. The number of nitrogens with zero attached hydrogens (tertiary/aromatic N) is 2. The molecule has 0 saturated heterocycles. The van der Waals surface area contributed by atoms with Gasteiger partial charge in [0.05, 0.1) is 10.6 Å². The van der Waals surface area contributed by atoms with E-state index in [1.807, 2.05) is 12.1 Å². The van der Waals surface area contributed by atoms with Crippen LogP contribution in [0.15, 0.2) is 68.5 Å². The molecule has 0 spiro atoms. The topological polar surface area (TPSA) is 122 Å². The third-order valence-electron chi connectivity index (χ3n) is 5.07. The molecule has 34 heavy (non-hydrogen) atoms. The molecule has 3 aromatic rings. The van der Waals surface area contributed by atoms with E-state index < -0.39 is 27.4 Å². The molecule has 1 amide bonds. The molecule has 0 radical (unpaired) electrons. The number of rotatable bonds is 9. The van der Waals surface area contributed by atoms with Crippen LogP contribution in [0.4, 0.5) is 0 Å². The smallest absolute Gasteiger partial charge is 0.275 e. The van der Waals surface area contributed by atoms with Crippen LogP contribution in [0.5, 0.6) is 11.5 Å². The number of halogens is 1. The van der Waals surface area contributed by atoms with Crippen molar-refractivity contribution in [1.29, 1.82) is 0 Å². The third-order valence-corrected chi connectivity index (χ3v) is 7.57. The van der Waals surface area contributed by atoms with Gasteiger partial charge in [0.15, 0.2) is 0 Å². The number of carbonyl (C=O) groups excluding carboxylic acids is 1. The van der Waals surface area contributed by atoms with Crippen molar-refractivity contribution in [2.24, 2.45) is 0 Å². The number of aromatic nitrogens is 1. The molecule has 0 bridgehead atoms. The molecule has 2 aromatic carbocycles. The van der Waals surface area contributed by atoms with Crippen molar-refractivity contribution < 1.29 is 27.7 Å². The maximum absolute atomic E-state index is 13.2. The van der Waals surface area contributed by atoms with E-state index >= 15 is 0 Å². The van der Waals surface area contributed by atoms with Gasteiger partial charge in [-0.1, -0.05) is 34.9 Å². The number of hydrogen-bond acceptors (Lipinski definition) is 8. The molecule has 3 rings (SSSR count). The number of ether oxygens (including phenoxy) is 1. The normalized spacial score (nSPS) is 12.9. The largest absolute Gasteiger partial charge is 0.457 e. The highest BCUT2D eigenvalue weighted by molar-refractivity contribution is 9.10. The second-order valence-electron chi connectivity index (χ2n) is 7.92. The van der Waals surface area contributed by atoms with E-state index in [0.717, 1.165) is 16.4 Å². The fourth-order valence-electron chi connectivity index (χ4n) is 3.07. The van der Waals surface area contributed by atoms with E-state index in [0.29, 0.717) is 27.4 Å². The summed E-state index contributed by atoms with van der Waals surface area (Å²) in [6, 6.07) is 13.2. The first kappa shape index (κ1) is 26.2. The van der Waals surface area contributed by atoms with Crippen molar-refractivity contribution >= 4 is 43.8 Å². The van der Waals surface area contributed by atoms with Gasteiger partial charge in [0.25, 0.3) is 5.91 Å². The lowest BCUT2D eigenvalue weighted by Gasteiger charge is -2.33. The van der Waals surface area contributed by atoms with Crippen LogP contribution in [0, 0.1) is 6.92 Å². The molecule has 182 valence electrons. The van der Waals surface area contributed by atoms with Gasteiger partial charge in [-0.15, -0.1) is 0 Å². The summed E-state index contributed by atoms with van der Waals surface area (Å²) in [6.07, 6.45) is 1.49. The second-order valence-corrected chi connectivity index (χ2v) is 11.3. The van der Waals surface area contributed by atoms with Crippen molar-refractivity contribution in [3.63, 3.8) is 0 Å². The highest BCUT2D eigenvalue weighted by Crippen LogP contribution is 2.30. The van der Waals surface area contributed by atoms with Crippen molar-refractivity contribution in [3.8, 4) is 11.5 Å². The highest BCUT2D eigenvalue weighted by atomic mass is 79.9. The number of aryl methyl sites for hydroxylation is 1. The van der Waals surface area contributed by atoms with E-state index in [9.17, 15) is 18.4 Å². The van der Waals surface area contributed by atoms with Gasteiger partial charge in [-0.3, -0.25) is 10.0 Å². The zero-order valence-electron chi connectivity index (χ0n) is 18.9. The van der Waals surface area contributed by atoms with E-state index in [4.69, 9.17) is 9.26 Å². The molecule has 1 heterocycles. The lowest BCUT2D eigenvalue weighted by Crippen LogP contribution is -2.55. The standard InChI is InChI=1S/C22H24BrN3O6S2/c1-14-13-19(24-32-14)22(2,3)20(21(27)26(28)33-4)25-34(29,30)18-11-9-17(10-12-18)31-16-7-5-15(23)6-8-16/h5-13,20,25,28H,1-4H3/t20-/m1/s1. The Balaban J connectivity index is 1.87. The van der Waals surface area contributed by atoms with Gasteiger partial charge in [-0.05, 0) is 67.4 Å². The van der Waals surface area contributed by atoms with Crippen molar-refractivity contribution in [3.05, 3.63) is 70.5 Å². The van der Waals surface area contributed by atoms with Crippen LogP contribution in [0.3, 0.4) is 0 Å². The number of nitrogens with one attached hydrogen (secondary N) is 1. The minimum absolute atomic E-state index is 0.0748. The van der Waals surface area contributed by atoms with Crippen LogP contribution >= 0.6 is 27.9 Å². The summed E-state index contributed by atoms with van der Waals surface area (Å²) < 4.78 is 40.9. The fraction of sp³-hybridized carbons (Fsp3) is 0.273. The number of hydroxylamine groups is 1. The van der Waals surface area contributed by atoms with E-state index in [-0.39, 0.29) is 4.90 Å². The lowest BCUT2D eigenvalue weighted by atomic mass is 9.81. The first-order chi connectivity index (χ1) is 15.9. The number of benzene rings is 2. The Morgan fingerprint density at radius 1 is 1.18 bits per heavy atom. The van der Waals surface area contributed by atoms with Crippen LogP contribution in [-0.4, -0.2) is 41.5 Å². The van der Waals surface area contributed by atoms with Crippen molar-refractivity contribution in [1.82, 2.24) is 14.3 Å². The van der Waals surface area contributed by atoms with Gasteiger partial charge in [0.2, 0.25) is 10.0 Å². The van der Waals surface area contributed by atoms with Crippen molar-refractivity contribution in [2.45, 2.75) is 37.1 Å². The fourth-order valence-corrected chi connectivity index (χ4v) is 4.96. The SMILES string of the molecule is CSN(O)C(=O)[C@@H](NS(=O)(=O)c1ccc(Oc2ccc(Br)cc2)cc1)C(C)(C)c1cc(C)on1. The Kier molecular flexibility index (Phi) is 8.09. The molecule has 0 fully saturated rings. The predicted molar refractivity (Wildman–Crippen MR) is 131 cm³/mol. The van der Waals surface area contributed by atoms with Crippen LogP contribution in [-0.2, 0) is 20.2 Å². The Hall–Kier alpha value is -2.38. The quantitative estimate of drug-likeness (QED) is 0.217. The number of amides is 1. The highest BCUT2D eigenvalue weighted by Gasteiger charge is 2.43. The summed E-state index contributed by atoms with van der Waals surface area (Å²) in [5, 5.41) is 14.0. The molecule has 12 heteroatoms. The van der Waals surface area contributed by atoms with Crippen LogP contribution in [0.1, 0.15) is 25.3 Å². The average molecular weight is 570 g/mol. The molecular formula is C22H24BrN3O6S2. The zero-order chi connectivity index (χ0) is 25.1. The molecule has 0 saturated carbocycles. The molecule has 9 nitrogen and oxygen atoms in total. The minimum atomic E-state index is -4.16. The number of hydrogen-bond donors (Lipinski definition) is 2. The second kappa shape index (κ2) is 10.5. The Bertz CT molecular complexity index is 1240. The first-order valence-corrected chi connectivity index (χ1v) is 13.5. The van der Waals surface area contributed by atoms with Gasteiger partial charge in [0, 0.05) is 22.2 Å². The van der Waals surface area contributed by atoms with E-state index in [2.05, 4.69) is 25.8 Å². The number of carbonyl (C=O) groups is 1. The molecule has 0 unspecified atom stereocenters. The van der Waals surface area contributed by atoms with Crippen molar-refractivity contribution in [2.75, 3.05) is 6.26 Å². The summed E-state index contributed by atoms with van der Waals surface area (Å²) in [5.41, 5.74) is -0.790. The zero-order valence-corrected chi connectivity index (χ0v) is 22.1. The maximum Gasteiger partial charge on any atom is 0.275 e. The monoisotopic (exact) mass is 569 g/mol. The van der Waals surface area contributed by atoms with Gasteiger partial charge < -0.3 is 9.26 Å². The minimum Gasteiger partial charge on any atom is -0.457 e. The Morgan fingerprint density at radius 2 is 1.74 bits per heavy atom. The summed E-state index contributed by atoms with van der Waals surface area (Å²) in [4.78, 5) is 12.9. The maximum atomic E-state index is 13.2. The lowest BCUT2D eigenvalue weighted by molar-refractivity contribution is -0.148. The molecule has 1 atom stereocenters. The van der Waals surface area contributed by atoms with Crippen LogP contribution in [0.2, 0.25) is 0 Å². The molecular weight excluding hydrogens is 546 g/mol. The molecule has 0 aliphatic carbocycles. The van der Waals surface area contributed by atoms with Gasteiger partial charge >= 0.3 is 0 Å². The summed E-state index contributed by atoms with van der Waals surface area (Å²) in [6.45, 7) is 4.96. The third kappa shape index (κ3) is 5.99. The average Bonchev–Trinajstić information content (AvgIpc) is 3.25. The molecule has 0 aliphatic rings.